The second kappa shape index (κ2) is 12.4. The number of hydrogen-bond acceptors (Lipinski definition) is 2. The van der Waals surface area contributed by atoms with Crippen molar-refractivity contribution in [3.8, 4) is 0 Å². The number of likely N-dealkylation sites (N-methyl/N-ethyl adjacent to an activating group) is 1. The van der Waals surface area contributed by atoms with Crippen molar-refractivity contribution in [3.05, 3.63) is 0 Å². The lowest BCUT2D eigenvalue weighted by Gasteiger charge is -2.14. The zero-order chi connectivity index (χ0) is 11.4. The van der Waals surface area contributed by atoms with Gasteiger partial charge in [0.1, 0.15) is 0 Å². The molecule has 0 heterocycles. The standard InChI is InChI=1S/C9H20N2O.C2H6.H2/c1-4-6-10-9(12)8-11(3)7-5-2;1-2;/h4-8H2,1-3H3,(H,10,12);1-2H3;1H. The number of carbonyl (C=O) groups is 1. The van der Waals surface area contributed by atoms with Crippen molar-refractivity contribution in [1.82, 2.24) is 10.2 Å². The van der Waals surface area contributed by atoms with Gasteiger partial charge in [-0.2, -0.15) is 0 Å². The smallest absolute Gasteiger partial charge is 0.234 e. The van der Waals surface area contributed by atoms with Crippen LogP contribution in [0.1, 0.15) is 42.0 Å². The Morgan fingerprint density at radius 1 is 1.29 bits per heavy atom. The van der Waals surface area contributed by atoms with E-state index in [0.717, 1.165) is 25.9 Å². The molecule has 0 aliphatic carbocycles. The molecule has 3 heteroatoms. The summed E-state index contributed by atoms with van der Waals surface area (Å²) in [6.45, 7) is 10.5. The summed E-state index contributed by atoms with van der Waals surface area (Å²) in [6, 6.07) is 0. The molecule has 0 aromatic rings. The normalized spacial score (nSPS) is 9.29. The van der Waals surface area contributed by atoms with Crippen molar-refractivity contribution < 1.29 is 6.22 Å². The Balaban J connectivity index is -0.000000449. The van der Waals surface area contributed by atoms with E-state index in [1.165, 1.54) is 0 Å². The van der Waals surface area contributed by atoms with E-state index < -0.39 is 0 Å². The van der Waals surface area contributed by atoms with E-state index in [2.05, 4.69) is 19.2 Å². The maximum absolute atomic E-state index is 11.1. The molecule has 0 atom stereocenters. The van der Waals surface area contributed by atoms with Crippen LogP contribution in [0.3, 0.4) is 0 Å². The second-order valence-corrected chi connectivity index (χ2v) is 3.09. The summed E-state index contributed by atoms with van der Waals surface area (Å²) in [5.41, 5.74) is 0. The van der Waals surface area contributed by atoms with Gasteiger partial charge in [-0.25, -0.2) is 0 Å². The molecule has 0 aromatic heterocycles. The van der Waals surface area contributed by atoms with Crippen molar-refractivity contribution >= 4 is 5.91 Å². The van der Waals surface area contributed by atoms with Gasteiger partial charge in [-0.1, -0.05) is 27.7 Å². The highest BCUT2D eigenvalue weighted by Crippen LogP contribution is 1.85. The molecular formula is C11H28N2O. The molecule has 14 heavy (non-hydrogen) atoms. The van der Waals surface area contributed by atoms with Crippen LogP contribution < -0.4 is 5.32 Å². The molecular weight excluding hydrogens is 176 g/mol. The lowest BCUT2D eigenvalue weighted by Crippen LogP contribution is -2.35. The average molecular weight is 204 g/mol. The van der Waals surface area contributed by atoms with Crippen LogP contribution in [0.2, 0.25) is 0 Å². The molecule has 0 fully saturated rings. The van der Waals surface area contributed by atoms with E-state index in [-0.39, 0.29) is 7.33 Å². The summed E-state index contributed by atoms with van der Waals surface area (Å²) in [7, 11) is 1.97. The Labute approximate surface area is 90.4 Å². The summed E-state index contributed by atoms with van der Waals surface area (Å²) in [6.07, 6.45) is 2.10. The molecule has 88 valence electrons. The predicted octanol–water partition coefficient (Wildman–Crippen LogP) is 2.13. The Kier molecular flexibility index (Phi) is 14.1. The highest BCUT2D eigenvalue weighted by molar-refractivity contribution is 5.77. The van der Waals surface area contributed by atoms with Gasteiger partial charge in [0.15, 0.2) is 0 Å². The van der Waals surface area contributed by atoms with Gasteiger partial charge in [0.2, 0.25) is 5.91 Å². The maximum Gasteiger partial charge on any atom is 0.234 e. The average Bonchev–Trinajstić information content (AvgIpc) is 2.18. The minimum absolute atomic E-state index is 0. The predicted molar refractivity (Wildman–Crippen MR) is 64.6 cm³/mol. The van der Waals surface area contributed by atoms with Crippen LogP contribution in [-0.2, 0) is 4.79 Å². The molecule has 0 spiro atoms. The van der Waals surface area contributed by atoms with Crippen LogP contribution >= 0.6 is 0 Å². The van der Waals surface area contributed by atoms with Gasteiger partial charge in [-0.15, -0.1) is 0 Å². The van der Waals surface area contributed by atoms with Crippen molar-refractivity contribution in [1.29, 1.82) is 0 Å². The fraction of sp³-hybridized carbons (Fsp3) is 0.909. The van der Waals surface area contributed by atoms with Crippen molar-refractivity contribution in [2.45, 2.75) is 40.5 Å². The first kappa shape index (κ1) is 15.9. The second-order valence-electron chi connectivity index (χ2n) is 3.09. The van der Waals surface area contributed by atoms with Crippen molar-refractivity contribution in [2.75, 3.05) is 26.7 Å². The number of hydrogen-bond donors (Lipinski definition) is 1. The van der Waals surface area contributed by atoms with E-state index >= 15 is 0 Å². The highest BCUT2D eigenvalue weighted by atomic mass is 16.1. The number of nitrogens with zero attached hydrogens (tertiary/aromatic N) is 1. The van der Waals surface area contributed by atoms with Gasteiger partial charge in [0, 0.05) is 7.97 Å². The molecule has 1 N–H and O–H groups in total. The van der Waals surface area contributed by atoms with Gasteiger partial charge < -0.3 is 5.32 Å². The van der Waals surface area contributed by atoms with Crippen LogP contribution in [0.5, 0.6) is 0 Å². The summed E-state index contributed by atoms with van der Waals surface area (Å²) in [5.74, 6) is 0.132. The van der Waals surface area contributed by atoms with Gasteiger partial charge in [-0.3, -0.25) is 9.69 Å². The number of carbonyl (C=O) groups excluding carboxylic acids is 1. The van der Waals surface area contributed by atoms with E-state index in [4.69, 9.17) is 0 Å². The van der Waals surface area contributed by atoms with Crippen LogP contribution in [0.4, 0.5) is 0 Å². The highest BCUT2D eigenvalue weighted by Gasteiger charge is 2.03. The molecule has 0 aromatic carbocycles. The molecule has 3 nitrogen and oxygen atoms in total. The quantitative estimate of drug-likeness (QED) is 0.719. The monoisotopic (exact) mass is 204 g/mol. The third-order valence-electron chi connectivity index (χ3n) is 1.59. The SMILES string of the molecule is CC.CCCNC(=O)CN(C)CCC.[HH]. The first-order chi connectivity index (χ1) is 6.70. The van der Waals surface area contributed by atoms with Crippen LogP contribution in [0, 0.1) is 0 Å². The Morgan fingerprint density at radius 2 is 1.86 bits per heavy atom. The van der Waals surface area contributed by atoms with Gasteiger partial charge in [0.05, 0.1) is 6.54 Å². The molecule has 0 aliphatic rings. The lowest BCUT2D eigenvalue weighted by atomic mass is 10.4. The maximum atomic E-state index is 11.1. The van der Waals surface area contributed by atoms with Crippen LogP contribution in [0.15, 0.2) is 0 Å². The number of amides is 1. The minimum atomic E-state index is 0. The topological polar surface area (TPSA) is 32.3 Å². The van der Waals surface area contributed by atoms with E-state index in [0.29, 0.717) is 6.54 Å². The first-order valence-electron chi connectivity index (χ1n) is 5.66. The molecule has 0 bridgehead atoms. The van der Waals surface area contributed by atoms with Crippen molar-refractivity contribution in [3.63, 3.8) is 0 Å². The van der Waals surface area contributed by atoms with Gasteiger partial charge in [0.25, 0.3) is 0 Å². The summed E-state index contributed by atoms with van der Waals surface area (Å²) in [4.78, 5) is 13.2. The zero-order valence-electron chi connectivity index (χ0n) is 10.4. The lowest BCUT2D eigenvalue weighted by molar-refractivity contribution is -0.121. The minimum Gasteiger partial charge on any atom is -0.355 e. The summed E-state index contributed by atoms with van der Waals surface area (Å²) < 4.78 is 0. The molecule has 0 radical (unpaired) electrons. The fourth-order valence-electron chi connectivity index (χ4n) is 1.03. The summed E-state index contributed by atoms with van der Waals surface area (Å²) in [5, 5.41) is 2.84. The fourth-order valence-corrected chi connectivity index (χ4v) is 1.03. The van der Waals surface area contributed by atoms with Crippen molar-refractivity contribution in [2.24, 2.45) is 0 Å². The van der Waals surface area contributed by atoms with Gasteiger partial charge >= 0.3 is 0 Å². The molecule has 0 saturated heterocycles. The Hall–Kier alpha value is -0.570. The molecule has 1 amide bonds. The zero-order valence-corrected chi connectivity index (χ0v) is 10.4. The molecule has 0 aliphatic heterocycles. The molecule has 0 unspecified atom stereocenters. The number of rotatable bonds is 6. The largest absolute Gasteiger partial charge is 0.355 e. The third kappa shape index (κ3) is 11.4. The summed E-state index contributed by atoms with van der Waals surface area (Å²) >= 11 is 0. The third-order valence-corrected chi connectivity index (χ3v) is 1.59. The Bertz CT molecular complexity index is 132. The first-order valence-corrected chi connectivity index (χ1v) is 5.66. The molecule has 0 rings (SSSR count). The van der Waals surface area contributed by atoms with Crippen LogP contribution in [-0.4, -0.2) is 37.5 Å². The molecule has 0 saturated carbocycles. The van der Waals surface area contributed by atoms with Gasteiger partial charge in [-0.05, 0) is 26.4 Å². The van der Waals surface area contributed by atoms with E-state index in [1.54, 1.807) is 0 Å². The Morgan fingerprint density at radius 3 is 2.29 bits per heavy atom. The van der Waals surface area contributed by atoms with Crippen LogP contribution in [0.25, 0.3) is 0 Å². The van der Waals surface area contributed by atoms with E-state index in [1.807, 2.05) is 25.8 Å². The number of nitrogens with one attached hydrogen (secondary N) is 1. The van der Waals surface area contributed by atoms with E-state index in [9.17, 15) is 4.79 Å².